The Balaban J connectivity index is 2.32. The molecule has 1 heterocycles. The normalized spacial score (nSPS) is 10.4. The van der Waals surface area contributed by atoms with Crippen LogP contribution in [0.25, 0.3) is 0 Å². The number of anilines is 1. The molecule has 1 N–H and O–H groups in total. The van der Waals surface area contributed by atoms with E-state index in [1.807, 2.05) is 0 Å². The minimum absolute atomic E-state index is 0.0253. The molecule has 116 valence electrons. The van der Waals surface area contributed by atoms with E-state index < -0.39 is 17.7 Å². The summed E-state index contributed by atoms with van der Waals surface area (Å²) in [7, 11) is 0. The number of aryl methyl sites for hydroxylation is 1. The molecule has 8 heteroatoms. The first-order chi connectivity index (χ1) is 10.5. The fourth-order valence-electron chi connectivity index (χ4n) is 1.78. The maximum atomic E-state index is 13.7. The number of halogens is 2. The Hall–Kier alpha value is -2.41. The van der Waals surface area contributed by atoms with E-state index in [2.05, 4.69) is 10.5 Å². The van der Waals surface area contributed by atoms with Crippen LogP contribution >= 0.6 is 11.6 Å². The van der Waals surface area contributed by atoms with Crippen molar-refractivity contribution >= 4 is 29.4 Å². The summed E-state index contributed by atoms with van der Waals surface area (Å²) in [5, 5.41) is 5.81. The van der Waals surface area contributed by atoms with Crippen molar-refractivity contribution in [3.05, 3.63) is 45.9 Å². The third kappa shape index (κ3) is 3.09. The lowest BCUT2D eigenvalue weighted by Crippen LogP contribution is -2.17. The highest BCUT2D eigenvalue weighted by molar-refractivity contribution is 6.34. The number of carbonyl (C=O) groups is 2. The van der Waals surface area contributed by atoms with Gasteiger partial charge in [-0.15, -0.1) is 0 Å². The van der Waals surface area contributed by atoms with Crippen molar-refractivity contribution in [3.63, 3.8) is 0 Å². The standard InChI is InChI=1S/C14H12ClFN2O4/c1-3-21-14(20)10-7(2)18-22-13(10)17-12(19)11-8(15)5-4-6-9(11)16/h4-6H,3H2,1-2H3,(H,17,19). The molecule has 0 bridgehead atoms. The molecule has 0 unspecified atom stereocenters. The molecule has 0 aliphatic rings. The van der Waals surface area contributed by atoms with Crippen molar-refractivity contribution in [2.24, 2.45) is 0 Å². The monoisotopic (exact) mass is 326 g/mol. The summed E-state index contributed by atoms with van der Waals surface area (Å²) in [5.41, 5.74) is -0.135. The molecule has 1 aromatic carbocycles. The lowest BCUT2D eigenvalue weighted by molar-refractivity contribution is 0.0526. The van der Waals surface area contributed by atoms with Crippen LogP contribution in [0.5, 0.6) is 0 Å². The van der Waals surface area contributed by atoms with Gasteiger partial charge in [-0.2, -0.15) is 0 Å². The number of rotatable bonds is 4. The molecule has 0 atom stereocenters. The Morgan fingerprint density at radius 2 is 2.14 bits per heavy atom. The molecule has 0 saturated heterocycles. The molecule has 22 heavy (non-hydrogen) atoms. The molecule has 2 rings (SSSR count). The van der Waals surface area contributed by atoms with Crippen LogP contribution < -0.4 is 5.32 Å². The van der Waals surface area contributed by atoms with E-state index in [0.29, 0.717) is 0 Å². The fraction of sp³-hybridized carbons (Fsp3) is 0.214. The van der Waals surface area contributed by atoms with Crippen LogP contribution in [0.1, 0.15) is 33.3 Å². The number of hydrogen-bond donors (Lipinski definition) is 1. The Morgan fingerprint density at radius 3 is 2.77 bits per heavy atom. The quantitative estimate of drug-likeness (QED) is 0.872. The predicted octanol–water partition coefficient (Wildman–Crippen LogP) is 3.20. The van der Waals surface area contributed by atoms with E-state index in [1.54, 1.807) is 6.92 Å². The Labute approximate surface area is 130 Å². The molecule has 0 aliphatic heterocycles. The maximum absolute atomic E-state index is 13.7. The van der Waals surface area contributed by atoms with Gasteiger partial charge in [-0.3, -0.25) is 10.1 Å². The summed E-state index contributed by atoms with van der Waals surface area (Å²) in [6.07, 6.45) is 0. The first-order valence-electron chi connectivity index (χ1n) is 6.34. The molecule has 6 nitrogen and oxygen atoms in total. The Morgan fingerprint density at radius 1 is 1.41 bits per heavy atom. The third-order valence-electron chi connectivity index (χ3n) is 2.76. The molecule has 2 aromatic rings. The number of amides is 1. The van der Waals surface area contributed by atoms with Gasteiger partial charge in [0.1, 0.15) is 11.4 Å². The van der Waals surface area contributed by atoms with E-state index in [-0.39, 0.29) is 34.3 Å². The lowest BCUT2D eigenvalue weighted by atomic mass is 10.2. The Bertz CT molecular complexity index is 709. The summed E-state index contributed by atoms with van der Waals surface area (Å²) in [6.45, 7) is 3.30. The number of ether oxygens (including phenoxy) is 1. The van der Waals surface area contributed by atoms with Gasteiger partial charge in [0.2, 0.25) is 5.88 Å². The van der Waals surface area contributed by atoms with Gasteiger partial charge in [-0.25, -0.2) is 9.18 Å². The fourth-order valence-corrected chi connectivity index (χ4v) is 2.03. The van der Waals surface area contributed by atoms with Crippen molar-refractivity contribution in [1.82, 2.24) is 5.16 Å². The zero-order valence-corrected chi connectivity index (χ0v) is 12.5. The topological polar surface area (TPSA) is 81.4 Å². The molecule has 0 fully saturated rings. The molecule has 0 saturated carbocycles. The van der Waals surface area contributed by atoms with Gasteiger partial charge in [0, 0.05) is 0 Å². The molecule has 1 amide bonds. The van der Waals surface area contributed by atoms with Crippen molar-refractivity contribution in [2.75, 3.05) is 11.9 Å². The smallest absolute Gasteiger partial charge is 0.345 e. The zero-order chi connectivity index (χ0) is 16.3. The number of aromatic nitrogens is 1. The average Bonchev–Trinajstić information content (AvgIpc) is 2.79. The molecule has 0 radical (unpaired) electrons. The van der Waals surface area contributed by atoms with Crippen LogP contribution in [0.2, 0.25) is 5.02 Å². The second kappa shape index (κ2) is 6.57. The molecule has 0 aliphatic carbocycles. The van der Waals surface area contributed by atoms with Gasteiger partial charge >= 0.3 is 5.97 Å². The van der Waals surface area contributed by atoms with Crippen molar-refractivity contribution < 1.29 is 23.2 Å². The van der Waals surface area contributed by atoms with Gasteiger partial charge in [0.05, 0.1) is 22.9 Å². The number of nitrogens with one attached hydrogen (secondary N) is 1. The van der Waals surface area contributed by atoms with E-state index in [4.69, 9.17) is 20.9 Å². The first kappa shape index (κ1) is 16.0. The highest BCUT2D eigenvalue weighted by Crippen LogP contribution is 2.24. The van der Waals surface area contributed by atoms with Crippen molar-refractivity contribution in [3.8, 4) is 0 Å². The van der Waals surface area contributed by atoms with Gasteiger partial charge in [0.25, 0.3) is 5.91 Å². The zero-order valence-electron chi connectivity index (χ0n) is 11.8. The SMILES string of the molecule is CCOC(=O)c1c(C)noc1NC(=O)c1c(F)cccc1Cl. The summed E-state index contributed by atoms with van der Waals surface area (Å²) < 4.78 is 23.4. The van der Waals surface area contributed by atoms with Crippen LogP contribution in [0.3, 0.4) is 0 Å². The van der Waals surface area contributed by atoms with Crippen LogP contribution in [-0.2, 0) is 4.74 Å². The number of nitrogens with zero attached hydrogens (tertiary/aromatic N) is 1. The van der Waals surface area contributed by atoms with E-state index in [0.717, 1.165) is 6.07 Å². The van der Waals surface area contributed by atoms with Crippen LogP contribution in [0, 0.1) is 12.7 Å². The second-order valence-electron chi connectivity index (χ2n) is 4.24. The van der Waals surface area contributed by atoms with Crippen molar-refractivity contribution in [1.29, 1.82) is 0 Å². The number of esters is 1. The highest BCUT2D eigenvalue weighted by atomic mass is 35.5. The molecule has 0 spiro atoms. The van der Waals surface area contributed by atoms with Crippen molar-refractivity contribution in [2.45, 2.75) is 13.8 Å². The summed E-state index contributed by atoms with van der Waals surface area (Å²) in [6, 6.07) is 3.84. The predicted molar refractivity (Wildman–Crippen MR) is 76.6 cm³/mol. The van der Waals surface area contributed by atoms with E-state index >= 15 is 0 Å². The summed E-state index contributed by atoms with van der Waals surface area (Å²) >= 11 is 5.81. The number of benzene rings is 1. The number of carbonyl (C=O) groups excluding carboxylic acids is 2. The minimum Gasteiger partial charge on any atom is -0.462 e. The lowest BCUT2D eigenvalue weighted by Gasteiger charge is -2.06. The highest BCUT2D eigenvalue weighted by Gasteiger charge is 2.25. The third-order valence-corrected chi connectivity index (χ3v) is 3.07. The molecular formula is C14H12ClFN2O4. The van der Waals surface area contributed by atoms with E-state index in [9.17, 15) is 14.0 Å². The van der Waals surface area contributed by atoms with Crippen LogP contribution in [0.4, 0.5) is 10.3 Å². The maximum Gasteiger partial charge on any atom is 0.345 e. The van der Waals surface area contributed by atoms with Gasteiger partial charge in [-0.1, -0.05) is 22.8 Å². The van der Waals surface area contributed by atoms with Gasteiger partial charge in [0.15, 0.2) is 0 Å². The first-order valence-corrected chi connectivity index (χ1v) is 6.72. The summed E-state index contributed by atoms with van der Waals surface area (Å²) in [5.74, 6) is -2.57. The molecule has 1 aromatic heterocycles. The largest absolute Gasteiger partial charge is 0.462 e. The average molecular weight is 327 g/mol. The van der Waals surface area contributed by atoms with Gasteiger partial charge < -0.3 is 9.26 Å². The number of hydrogen-bond acceptors (Lipinski definition) is 5. The van der Waals surface area contributed by atoms with Crippen LogP contribution in [0.15, 0.2) is 22.7 Å². The van der Waals surface area contributed by atoms with Crippen LogP contribution in [-0.4, -0.2) is 23.6 Å². The second-order valence-corrected chi connectivity index (χ2v) is 4.65. The molecular weight excluding hydrogens is 315 g/mol. The van der Waals surface area contributed by atoms with E-state index in [1.165, 1.54) is 19.1 Å². The summed E-state index contributed by atoms with van der Waals surface area (Å²) in [4.78, 5) is 23.9. The minimum atomic E-state index is -0.857. The Kier molecular flexibility index (Phi) is 4.77. The van der Waals surface area contributed by atoms with Gasteiger partial charge in [-0.05, 0) is 26.0 Å².